The summed E-state index contributed by atoms with van der Waals surface area (Å²) in [6.07, 6.45) is 5.37. The molecule has 2 atom stereocenters. The second-order valence-electron chi connectivity index (χ2n) is 6.53. The molecule has 0 aliphatic rings. The predicted octanol–water partition coefficient (Wildman–Crippen LogP) is 3.22. The van der Waals surface area contributed by atoms with Gasteiger partial charge in [-0.1, -0.05) is 25.5 Å². The minimum absolute atomic E-state index is 0.249. The lowest BCUT2D eigenvalue weighted by Gasteiger charge is -2.18. The maximum Gasteiger partial charge on any atom is 0.344 e. The molecule has 0 radical (unpaired) electrons. The van der Waals surface area contributed by atoms with Crippen LogP contribution in [0.25, 0.3) is 11.1 Å². The van der Waals surface area contributed by atoms with Crippen LogP contribution in [0.2, 0.25) is 0 Å². The van der Waals surface area contributed by atoms with Crippen LogP contribution in [0.4, 0.5) is 0 Å². The third-order valence-electron chi connectivity index (χ3n) is 4.13. The molecule has 0 bridgehead atoms. The summed E-state index contributed by atoms with van der Waals surface area (Å²) in [5.74, 6) is 0.782. The first-order valence-corrected chi connectivity index (χ1v) is 12.5. The summed E-state index contributed by atoms with van der Waals surface area (Å²) in [6.45, 7) is 3.49. The van der Waals surface area contributed by atoms with E-state index in [9.17, 15) is 23.8 Å². The minimum Gasteiger partial charge on any atom is -0.494 e. The fraction of sp³-hybridized carbons (Fsp3) is 0.389. The molecule has 2 unspecified atom stereocenters. The molecule has 1 heterocycles. The van der Waals surface area contributed by atoms with Crippen molar-refractivity contribution in [2.24, 2.45) is 0 Å². The van der Waals surface area contributed by atoms with Crippen LogP contribution in [0.15, 0.2) is 48.8 Å². The number of benzene rings is 1. The smallest absolute Gasteiger partial charge is 0.344 e. The van der Waals surface area contributed by atoms with Crippen LogP contribution in [-0.2, 0) is 15.7 Å². The van der Waals surface area contributed by atoms with Gasteiger partial charge >= 0.3 is 7.60 Å². The molecule has 7 nitrogen and oxygen atoms in total. The average molecular weight is 414 g/mol. The molecule has 0 amide bonds. The zero-order chi connectivity index (χ0) is 20.1. The first kappa shape index (κ1) is 21.8. The highest BCUT2D eigenvalue weighted by atomic mass is 31.2. The Labute approximate surface area is 159 Å². The monoisotopic (exact) mass is 414 g/mol. The highest BCUT2D eigenvalue weighted by Crippen LogP contribution is 2.60. The maximum absolute atomic E-state index is 11.9. The lowest BCUT2D eigenvalue weighted by molar-refractivity contribution is -0.694. The van der Waals surface area contributed by atoms with Gasteiger partial charge in [0.2, 0.25) is 7.37 Å². The number of aromatic nitrogens is 1. The third kappa shape index (κ3) is 6.56. The summed E-state index contributed by atoms with van der Waals surface area (Å²) in [4.78, 5) is 28.6. The van der Waals surface area contributed by atoms with Gasteiger partial charge in [-0.15, -0.1) is 0 Å². The van der Waals surface area contributed by atoms with E-state index in [4.69, 9.17) is 4.74 Å². The predicted molar refractivity (Wildman–Crippen MR) is 104 cm³/mol. The van der Waals surface area contributed by atoms with Crippen LogP contribution in [0, 0.1) is 0 Å². The van der Waals surface area contributed by atoms with Gasteiger partial charge in [-0.2, -0.15) is 0 Å². The van der Waals surface area contributed by atoms with E-state index in [0.29, 0.717) is 6.61 Å². The molecular formula is C18H26NO6P2+. The lowest BCUT2D eigenvalue weighted by atomic mass is 10.1. The van der Waals surface area contributed by atoms with Crippen LogP contribution >= 0.6 is 15.0 Å². The van der Waals surface area contributed by atoms with E-state index in [0.717, 1.165) is 36.4 Å². The Morgan fingerprint density at radius 2 is 1.74 bits per heavy atom. The first-order valence-electron chi connectivity index (χ1n) is 8.68. The fourth-order valence-electron chi connectivity index (χ4n) is 2.61. The topological polar surface area (TPSA) is 108 Å². The molecule has 2 aromatic rings. The standard InChI is InChI=1S/C18H25NO6P2/c1-3-4-12-25-17-9-7-15(8-10-17)16-6-5-11-19(13-16)14-18(26(2,20)21)27(22,23)24/h5-11,13,18H,3-4,12,14H2,1-2H3,(H2-,20,21,22,23,24)/p+1. The number of ether oxygens (including phenoxy) is 1. The van der Waals surface area contributed by atoms with Crippen molar-refractivity contribution in [3.63, 3.8) is 0 Å². The summed E-state index contributed by atoms with van der Waals surface area (Å²) < 4.78 is 30.7. The van der Waals surface area contributed by atoms with Gasteiger partial charge in [-0.05, 0) is 30.2 Å². The molecule has 1 aromatic carbocycles. The van der Waals surface area contributed by atoms with E-state index in [-0.39, 0.29) is 6.54 Å². The van der Waals surface area contributed by atoms with E-state index >= 15 is 0 Å². The van der Waals surface area contributed by atoms with Crippen molar-refractivity contribution in [1.29, 1.82) is 0 Å². The summed E-state index contributed by atoms with van der Waals surface area (Å²) in [5, 5.41) is -1.64. The van der Waals surface area contributed by atoms with Crippen molar-refractivity contribution in [1.82, 2.24) is 0 Å². The first-order chi connectivity index (χ1) is 12.6. The van der Waals surface area contributed by atoms with Crippen molar-refractivity contribution in [3.05, 3.63) is 48.8 Å². The molecule has 0 saturated heterocycles. The van der Waals surface area contributed by atoms with Gasteiger partial charge in [0.25, 0.3) is 0 Å². The lowest BCUT2D eigenvalue weighted by Crippen LogP contribution is -2.39. The molecule has 2 rings (SSSR count). The number of hydrogen-bond acceptors (Lipinski definition) is 3. The van der Waals surface area contributed by atoms with Crippen LogP contribution in [0.1, 0.15) is 19.8 Å². The summed E-state index contributed by atoms with van der Waals surface area (Å²) >= 11 is 0. The Bertz CT molecular complexity index is 821. The van der Waals surface area contributed by atoms with E-state index in [1.807, 2.05) is 30.3 Å². The number of unbranched alkanes of at least 4 members (excludes halogenated alkanes) is 1. The summed E-state index contributed by atoms with van der Waals surface area (Å²) in [7, 11) is -8.69. The van der Waals surface area contributed by atoms with Gasteiger partial charge in [0, 0.05) is 18.3 Å². The Hall–Kier alpha value is -1.49. The van der Waals surface area contributed by atoms with Crippen molar-refractivity contribution in [2.75, 3.05) is 13.3 Å². The molecular weight excluding hydrogens is 388 g/mol. The van der Waals surface area contributed by atoms with Gasteiger partial charge in [0.1, 0.15) is 5.75 Å². The summed E-state index contributed by atoms with van der Waals surface area (Å²) in [5.41, 5.74) is 1.73. The van der Waals surface area contributed by atoms with E-state index in [2.05, 4.69) is 6.92 Å². The molecule has 148 valence electrons. The SMILES string of the molecule is CCCCOc1ccc(-c2ccc[n+](CC(P(C)(=O)O)P(=O)(O)O)c2)cc1. The number of pyridine rings is 1. The van der Waals surface area contributed by atoms with E-state index in [1.54, 1.807) is 18.5 Å². The second kappa shape index (κ2) is 9.13. The number of hydrogen-bond donors (Lipinski definition) is 3. The molecule has 3 N–H and O–H groups in total. The molecule has 0 aliphatic heterocycles. The maximum atomic E-state index is 11.9. The van der Waals surface area contributed by atoms with Crippen molar-refractivity contribution in [2.45, 2.75) is 31.7 Å². The zero-order valence-corrected chi connectivity index (χ0v) is 17.2. The molecule has 0 spiro atoms. The van der Waals surface area contributed by atoms with Crippen LogP contribution in [-0.4, -0.2) is 33.4 Å². The molecule has 9 heteroatoms. The van der Waals surface area contributed by atoms with Gasteiger partial charge in [0.15, 0.2) is 24.3 Å². The number of rotatable bonds is 9. The van der Waals surface area contributed by atoms with Gasteiger partial charge in [0.05, 0.1) is 6.61 Å². The zero-order valence-electron chi connectivity index (χ0n) is 15.4. The Morgan fingerprint density at radius 1 is 1.07 bits per heavy atom. The van der Waals surface area contributed by atoms with Crippen molar-refractivity contribution in [3.8, 4) is 16.9 Å². The number of nitrogens with zero attached hydrogens (tertiary/aromatic N) is 1. The molecule has 0 fully saturated rings. The molecule has 27 heavy (non-hydrogen) atoms. The Morgan fingerprint density at radius 3 is 2.30 bits per heavy atom. The van der Waals surface area contributed by atoms with Crippen molar-refractivity contribution < 1.29 is 33.1 Å². The van der Waals surface area contributed by atoms with E-state index < -0.39 is 20.4 Å². The van der Waals surface area contributed by atoms with Gasteiger partial charge < -0.3 is 19.4 Å². The molecule has 0 aliphatic carbocycles. The van der Waals surface area contributed by atoms with E-state index in [1.165, 1.54) is 4.57 Å². The highest BCUT2D eigenvalue weighted by molar-refractivity contribution is 7.73. The minimum atomic E-state index is -4.72. The highest BCUT2D eigenvalue weighted by Gasteiger charge is 2.43. The quantitative estimate of drug-likeness (QED) is 0.330. The van der Waals surface area contributed by atoms with Gasteiger partial charge in [-0.25, -0.2) is 4.57 Å². The Kier molecular flexibility index (Phi) is 7.38. The van der Waals surface area contributed by atoms with Crippen LogP contribution in [0.5, 0.6) is 5.75 Å². The van der Waals surface area contributed by atoms with Gasteiger partial charge in [-0.3, -0.25) is 9.13 Å². The largest absolute Gasteiger partial charge is 0.494 e. The average Bonchev–Trinajstić information content (AvgIpc) is 2.59. The Balaban J connectivity index is 2.19. The molecule has 1 aromatic heterocycles. The normalized spacial score (nSPS) is 15.1. The van der Waals surface area contributed by atoms with Crippen molar-refractivity contribution >= 4 is 15.0 Å². The fourth-order valence-corrected chi connectivity index (χ4v) is 5.74. The second-order valence-corrected chi connectivity index (χ2v) is 11.2. The summed E-state index contributed by atoms with van der Waals surface area (Å²) in [6, 6.07) is 11.1. The van der Waals surface area contributed by atoms with Crippen LogP contribution < -0.4 is 9.30 Å². The third-order valence-corrected chi connectivity index (χ3v) is 8.53. The molecule has 0 saturated carbocycles. The van der Waals surface area contributed by atoms with Crippen LogP contribution in [0.3, 0.4) is 0 Å².